The summed E-state index contributed by atoms with van der Waals surface area (Å²) >= 11 is 0. The zero-order valence-electron chi connectivity index (χ0n) is 18.4. The van der Waals surface area contributed by atoms with Crippen molar-refractivity contribution in [1.29, 1.82) is 0 Å². The molecule has 0 bridgehead atoms. The van der Waals surface area contributed by atoms with Gasteiger partial charge in [-0.2, -0.15) is 0 Å². The number of likely N-dealkylation sites (tertiary alicyclic amines) is 1. The molecule has 166 valence electrons. The van der Waals surface area contributed by atoms with Crippen molar-refractivity contribution in [2.45, 2.75) is 77.5 Å². The number of carbonyl (C=O) groups excluding carboxylic acids is 1. The zero-order valence-corrected chi connectivity index (χ0v) is 18.4. The van der Waals surface area contributed by atoms with E-state index in [-0.39, 0.29) is 35.6 Å². The van der Waals surface area contributed by atoms with Crippen LogP contribution in [0.25, 0.3) is 0 Å². The summed E-state index contributed by atoms with van der Waals surface area (Å²) in [5.41, 5.74) is 0.482. The van der Waals surface area contributed by atoms with E-state index in [1.165, 1.54) is 12.1 Å². The summed E-state index contributed by atoms with van der Waals surface area (Å²) in [5.74, 6) is -1.23. The highest BCUT2D eigenvalue weighted by atomic mass is 19.1. The van der Waals surface area contributed by atoms with Gasteiger partial charge in [0.1, 0.15) is 17.7 Å². The minimum atomic E-state index is -1.26. The third-order valence-corrected chi connectivity index (χ3v) is 5.86. The largest absolute Gasteiger partial charge is 0.489 e. The number of nitrogens with zero attached hydrogens (tertiary/aromatic N) is 2. The maximum absolute atomic E-state index is 14.3. The van der Waals surface area contributed by atoms with Gasteiger partial charge in [0, 0.05) is 24.7 Å². The molecule has 1 N–H and O–H groups in total. The molecule has 1 amide bonds. The number of hydrogen-bond acceptors (Lipinski definition) is 4. The number of hydrogen-bond donors (Lipinski definition) is 1. The average molecular weight is 421 g/mol. The summed E-state index contributed by atoms with van der Waals surface area (Å²) < 4.78 is 20.5. The van der Waals surface area contributed by atoms with E-state index in [1.54, 1.807) is 0 Å². The molecule has 7 heteroatoms. The SMILES string of the molecule is CC(C)N(C(=O)CN1CCC[C@@H](Oc2cc(F)c(C(=O)O)cc2C2CC2)C1)C(C)C. The molecule has 0 aromatic heterocycles. The summed E-state index contributed by atoms with van der Waals surface area (Å²) in [6.45, 7) is 9.87. The summed E-state index contributed by atoms with van der Waals surface area (Å²) in [7, 11) is 0. The molecule has 1 atom stereocenters. The number of halogens is 1. The lowest BCUT2D eigenvalue weighted by molar-refractivity contribution is -0.136. The number of aromatic carboxylic acids is 1. The van der Waals surface area contributed by atoms with Crippen molar-refractivity contribution >= 4 is 11.9 Å². The van der Waals surface area contributed by atoms with E-state index in [9.17, 15) is 19.1 Å². The Labute approximate surface area is 178 Å². The predicted octanol–water partition coefficient (Wildman–Crippen LogP) is 3.89. The molecule has 1 aliphatic heterocycles. The minimum absolute atomic E-state index is 0.108. The number of carboxylic acids is 1. The lowest BCUT2D eigenvalue weighted by Crippen LogP contribution is -2.50. The topological polar surface area (TPSA) is 70.1 Å². The van der Waals surface area contributed by atoms with Crippen LogP contribution in [0, 0.1) is 5.82 Å². The van der Waals surface area contributed by atoms with Gasteiger partial charge in [0.25, 0.3) is 0 Å². The van der Waals surface area contributed by atoms with Crippen LogP contribution in [0.2, 0.25) is 0 Å². The van der Waals surface area contributed by atoms with Gasteiger partial charge in [-0.3, -0.25) is 9.69 Å². The Morgan fingerprint density at radius 2 is 1.87 bits per heavy atom. The Hall–Kier alpha value is -2.15. The van der Waals surface area contributed by atoms with Gasteiger partial charge in [0.15, 0.2) is 0 Å². The molecule has 30 heavy (non-hydrogen) atoms. The van der Waals surface area contributed by atoms with E-state index in [4.69, 9.17) is 4.74 Å². The number of ether oxygens (including phenoxy) is 1. The smallest absolute Gasteiger partial charge is 0.338 e. The van der Waals surface area contributed by atoms with Crippen LogP contribution in [0.1, 0.15) is 75.2 Å². The maximum atomic E-state index is 14.3. The number of carbonyl (C=O) groups is 2. The quantitative estimate of drug-likeness (QED) is 0.691. The Morgan fingerprint density at radius 3 is 2.43 bits per heavy atom. The standard InChI is InChI=1S/C23H33FN2O4/c1-14(2)26(15(3)4)22(27)13-25-9-5-6-17(12-25)30-21-11-20(24)19(23(28)29)10-18(21)16-7-8-16/h10-11,14-17H,5-9,12-13H2,1-4H3,(H,28,29)/t17-/m1/s1. The van der Waals surface area contributed by atoms with E-state index < -0.39 is 11.8 Å². The first kappa shape index (κ1) is 22.5. The Kier molecular flexibility index (Phi) is 7.01. The number of rotatable bonds is 8. The molecule has 0 radical (unpaired) electrons. The van der Waals surface area contributed by atoms with Crippen LogP contribution < -0.4 is 4.74 Å². The molecule has 1 saturated heterocycles. The van der Waals surface area contributed by atoms with Crippen molar-refractivity contribution in [1.82, 2.24) is 9.80 Å². The minimum Gasteiger partial charge on any atom is -0.489 e. The molecule has 1 aliphatic carbocycles. The van der Waals surface area contributed by atoms with Crippen molar-refractivity contribution in [3.05, 3.63) is 29.1 Å². The van der Waals surface area contributed by atoms with Gasteiger partial charge in [-0.25, -0.2) is 9.18 Å². The van der Waals surface area contributed by atoms with Crippen molar-refractivity contribution in [3.63, 3.8) is 0 Å². The summed E-state index contributed by atoms with van der Waals surface area (Å²) in [6.07, 6.45) is 3.51. The second-order valence-electron chi connectivity index (χ2n) is 9.06. The van der Waals surface area contributed by atoms with Gasteiger partial charge in [-0.15, -0.1) is 0 Å². The highest BCUT2D eigenvalue weighted by molar-refractivity contribution is 5.88. The first-order valence-electron chi connectivity index (χ1n) is 10.9. The summed E-state index contributed by atoms with van der Waals surface area (Å²) in [5, 5.41) is 9.22. The van der Waals surface area contributed by atoms with Gasteiger partial charge in [0.05, 0.1) is 12.1 Å². The fraction of sp³-hybridized carbons (Fsp3) is 0.652. The molecule has 1 saturated carbocycles. The van der Waals surface area contributed by atoms with E-state index >= 15 is 0 Å². The number of amides is 1. The van der Waals surface area contributed by atoms with Crippen LogP contribution in [-0.4, -0.2) is 64.6 Å². The van der Waals surface area contributed by atoms with Crippen molar-refractivity contribution in [3.8, 4) is 5.75 Å². The lowest BCUT2D eigenvalue weighted by Gasteiger charge is -2.36. The molecule has 6 nitrogen and oxygen atoms in total. The van der Waals surface area contributed by atoms with E-state index in [2.05, 4.69) is 4.90 Å². The lowest BCUT2D eigenvalue weighted by atomic mass is 10.0. The van der Waals surface area contributed by atoms with Crippen LogP contribution in [0.15, 0.2) is 12.1 Å². The predicted molar refractivity (Wildman–Crippen MR) is 113 cm³/mol. The monoisotopic (exact) mass is 420 g/mol. The van der Waals surface area contributed by atoms with Crippen LogP contribution in [0.4, 0.5) is 4.39 Å². The van der Waals surface area contributed by atoms with Gasteiger partial charge < -0.3 is 14.7 Å². The second-order valence-corrected chi connectivity index (χ2v) is 9.06. The molecule has 1 aromatic carbocycles. The maximum Gasteiger partial charge on any atom is 0.338 e. The van der Waals surface area contributed by atoms with E-state index in [0.29, 0.717) is 18.8 Å². The third kappa shape index (κ3) is 5.31. The van der Waals surface area contributed by atoms with Gasteiger partial charge in [0.2, 0.25) is 5.91 Å². The molecular weight excluding hydrogens is 387 g/mol. The van der Waals surface area contributed by atoms with Crippen LogP contribution in [0.5, 0.6) is 5.75 Å². The zero-order chi connectivity index (χ0) is 22.0. The summed E-state index contributed by atoms with van der Waals surface area (Å²) in [6, 6.07) is 2.94. The van der Waals surface area contributed by atoms with Gasteiger partial charge >= 0.3 is 5.97 Å². The normalized spacial score (nSPS) is 19.9. The molecule has 1 heterocycles. The molecule has 2 fully saturated rings. The summed E-state index contributed by atoms with van der Waals surface area (Å²) in [4.78, 5) is 28.1. The third-order valence-electron chi connectivity index (χ3n) is 5.86. The van der Waals surface area contributed by atoms with Crippen LogP contribution in [-0.2, 0) is 4.79 Å². The van der Waals surface area contributed by atoms with Gasteiger partial charge in [-0.1, -0.05) is 0 Å². The fourth-order valence-corrected chi connectivity index (χ4v) is 4.43. The average Bonchev–Trinajstić information content (AvgIpc) is 3.46. The fourth-order valence-electron chi connectivity index (χ4n) is 4.43. The van der Waals surface area contributed by atoms with Crippen LogP contribution in [0.3, 0.4) is 0 Å². The Morgan fingerprint density at radius 1 is 1.20 bits per heavy atom. The first-order chi connectivity index (χ1) is 14.2. The highest BCUT2D eigenvalue weighted by Crippen LogP contribution is 2.45. The number of carboxylic acid groups (broad SMARTS) is 1. The Balaban J connectivity index is 1.69. The number of benzene rings is 1. The molecule has 0 spiro atoms. The molecule has 1 aromatic rings. The van der Waals surface area contributed by atoms with Crippen molar-refractivity contribution in [2.75, 3.05) is 19.6 Å². The molecule has 3 rings (SSSR count). The highest BCUT2D eigenvalue weighted by Gasteiger charge is 2.32. The van der Waals surface area contributed by atoms with E-state index in [1.807, 2.05) is 32.6 Å². The van der Waals surface area contributed by atoms with E-state index in [0.717, 1.165) is 37.8 Å². The Bertz CT molecular complexity index is 784. The molecule has 0 unspecified atom stereocenters. The number of piperidine rings is 1. The molecular formula is C23H33FN2O4. The van der Waals surface area contributed by atoms with Crippen LogP contribution >= 0.6 is 0 Å². The van der Waals surface area contributed by atoms with Gasteiger partial charge in [-0.05, 0) is 77.5 Å². The molecule has 2 aliphatic rings. The first-order valence-corrected chi connectivity index (χ1v) is 10.9. The van der Waals surface area contributed by atoms with Crippen molar-refractivity contribution in [2.24, 2.45) is 0 Å². The second kappa shape index (κ2) is 9.33. The van der Waals surface area contributed by atoms with Crippen molar-refractivity contribution < 1.29 is 23.8 Å².